The standard InChI is InChI=1S/C15H27N3O3S.C9H12O3/c1-3-4-8-18-13(19)12(5-11-22-2)16-15(18)6-9-17(10-7-15)14(20)21;1-10-7-5-4-6-8(11-2)9(7)12-3/h12,16H,3-11H2,1-2H3,(H,20,21);4-6H,1-3H3. The molecule has 0 saturated carbocycles. The van der Waals surface area contributed by atoms with Crippen molar-refractivity contribution < 1.29 is 28.9 Å². The van der Waals surface area contributed by atoms with Crippen molar-refractivity contribution >= 4 is 23.8 Å². The predicted molar refractivity (Wildman–Crippen MR) is 134 cm³/mol. The molecule has 34 heavy (non-hydrogen) atoms. The number of nitrogens with one attached hydrogen (secondary N) is 1. The molecule has 9 nitrogen and oxygen atoms in total. The second kappa shape index (κ2) is 13.5. The summed E-state index contributed by atoms with van der Waals surface area (Å²) >= 11 is 1.75. The maximum Gasteiger partial charge on any atom is 0.407 e. The lowest BCUT2D eigenvalue weighted by molar-refractivity contribution is -0.133. The largest absolute Gasteiger partial charge is 0.493 e. The fourth-order valence-corrected chi connectivity index (χ4v) is 4.91. The first-order valence-corrected chi connectivity index (χ1v) is 13.1. The molecule has 10 heteroatoms. The monoisotopic (exact) mass is 497 g/mol. The molecule has 1 spiro atoms. The van der Waals surface area contributed by atoms with Gasteiger partial charge in [-0.05, 0) is 37.0 Å². The van der Waals surface area contributed by atoms with Crippen molar-refractivity contribution in [1.82, 2.24) is 15.1 Å². The number of methoxy groups -OCH3 is 3. The van der Waals surface area contributed by atoms with Crippen LogP contribution in [-0.4, -0.2) is 91.6 Å². The Kier molecular flexibility index (Phi) is 11.1. The summed E-state index contributed by atoms with van der Waals surface area (Å²) in [5.74, 6) is 3.14. The van der Waals surface area contributed by atoms with E-state index in [2.05, 4.69) is 18.5 Å². The molecule has 2 aliphatic heterocycles. The van der Waals surface area contributed by atoms with Gasteiger partial charge in [0.05, 0.1) is 33.0 Å². The maximum atomic E-state index is 12.7. The zero-order chi connectivity index (χ0) is 25.1. The Balaban J connectivity index is 0.000000287. The van der Waals surface area contributed by atoms with E-state index in [0.717, 1.165) is 31.6 Å². The third-order valence-electron chi connectivity index (χ3n) is 6.32. The summed E-state index contributed by atoms with van der Waals surface area (Å²) in [5.41, 5.74) is -0.332. The highest BCUT2D eigenvalue weighted by atomic mass is 32.2. The minimum absolute atomic E-state index is 0.110. The lowest BCUT2D eigenvalue weighted by Gasteiger charge is -2.44. The van der Waals surface area contributed by atoms with E-state index in [4.69, 9.17) is 19.3 Å². The van der Waals surface area contributed by atoms with Crippen molar-refractivity contribution in [3.8, 4) is 17.2 Å². The van der Waals surface area contributed by atoms with Crippen LogP contribution in [0.1, 0.15) is 39.0 Å². The third-order valence-corrected chi connectivity index (χ3v) is 6.96. The number of carboxylic acid groups (broad SMARTS) is 1. The minimum atomic E-state index is -0.863. The summed E-state index contributed by atoms with van der Waals surface area (Å²) in [6, 6.07) is 5.38. The van der Waals surface area contributed by atoms with Gasteiger partial charge < -0.3 is 29.1 Å². The number of hydrogen-bond donors (Lipinski definition) is 2. The molecule has 2 N–H and O–H groups in total. The molecule has 2 aliphatic rings. The molecule has 2 heterocycles. The molecular weight excluding hydrogens is 458 g/mol. The van der Waals surface area contributed by atoms with Gasteiger partial charge in [-0.1, -0.05) is 19.4 Å². The summed E-state index contributed by atoms with van der Waals surface area (Å²) in [4.78, 5) is 27.3. The number of thioether (sulfide) groups is 1. The smallest absolute Gasteiger partial charge is 0.407 e. The molecule has 192 valence electrons. The van der Waals surface area contributed by atoms with Crippen LogP contribution in [0.2, 0.25) is 0 Å². The van der Waals surface area contributed by atoms with E-state index < -0.39 is 6.09 Å². The van der Waals surface area contributed by atoms with Crippen LogP contribution >= 0.6 is 11.8 Å². The molecule has 1 aromatic rings. The average molecular weight is 498 g/mol. The van der Waals surface area contributed by atoms with E-state index in [9.17, 15) is 9.59 Å². The highest BCUT2D eigenvalue weighted by Crippen LogP contribution is 2.36. The Bertz CT molecular complexity index is 779. The first-order chi connectivity index (χ1) is 16.4. The highest BCUT2D eigenvalue weighted by molar-refractivity contribution is 7.98. The van der Waals surface area contributed by atoms with Crippen LogP contribution in [0.15, 0.2) is 18.2 Å². The maximum absolute atomic E-state index is 12.7. The number of para-hydroxylation sites is 1. The van der Waals surface area contributed by atoms with Crippen molar-refractivity contribution in [2.75, 3.05) is 53.0 Å². The summed E-state index contributed by atoms with van der Waals surface area (Å²) in [6.07, 6.45) is 5.44. The molecule has 2 saturated heterocycles. The van der Waals surface area contributed by atoms with E-state index in [0.29, 0.717) is 43.2 Å². The van der Waals surface area contributed by atoms with Crippen LogP contribution in [0, 0.1) is 0 Å². The second-order valence-electron chi connectivity index (χ2n) is 8.32. The van der Waals surface area contributed by atoms with Crippen molar-refractivity contribution in [1.29, 1.82) is 0 Å². The van der Waals surface area contributed by atoms with Crippen molar-refractivity contribution in [3.63, 3.8) is 0 Å². The Morgan fingerprint density at radius 2 is 1.79 bits per heavy atom. The van der Waals surface area contributed by atoms with Gasteiger partial charge in [-0.15, -0.1) is 0 Å². The number of likely N-dealkylation sites (tertiary alicyclic amines) is 1. The van der Waals surface area contributed by atoms with Crippen molar-refractivity contribution in [2.24, 2.45) is 0 Å². The van der Waals surface area contributed by atoms with Crippen LogP contribution < -0.4 is 19.5 Å². The number of ether oxygens (including phenoxy) is 3. The number of carbonyl (C=O) groups is 2. The number of piperidine rings is 1. The Labute approximate surface area is 207 Å². The van der Waals surface area contributed by atoms with Gasteiger partial charge in [-0.3, -0.25) is 10.1 Å². The minimum Gasteiger partial charge on any atom is -0.493 e. The topological polar surface area (TPSA) is 101 Å². The summed E-state index contributed by atoms with van der Waals surface area (Å²) in [7, 11) is 4.77. The molecule has 0 aliphatic carbocycles. The average Bonchev–Trinajstić information content (AvgIpc) is 3.11. The number of amides is 2. The molecule has 0 bridgehead atoms. The number of benzene rings is 1. The zero-order valence-electron chi connectivity index (χ0n) is 21.0. The van der Waals surface area contributed by atoms with Crippen LogP contribution in [0.4, 0.5) is 4.79 Å². The first kappa shape index (κ1) is 27.9. The Hall–Kier alpha value is -2.33. The van der Waals surface area contributed by atoms with Gasteiger partial charge in [0.25, 0.3) is 0 Å². The van der Waals surface area contributed by atoms with E-state index in [1.54, 1.807) is 33.1 Å². The van der Waals surface area contributed by atoms with Crippen LogP contribution in [0.5, 0.6) is 17.2 Å². The van der Waals surface area contributed by atoms with Crippen molar-refractivity contribution in [3.05, 3.63) is 18.2 Å². The fourth-order valence-electron chi connectivity index (χ4n) is 4.44. The molecule has 1 unspecified atom stereocenters. The van der Waals surface area contributed by atoms with Gasteiger partial charge >= 0.3 is 6.09 Å². The number of hydrogen-bond acceptors (Lipinski definition) is 7. The molecule has 2 amide bonds. The van der Waals surface area contributed by atoms with Gasteiger partial charge in [0.15, 0.2) is 11.5 Å². The summed E-state index contributed by atoms with van der Waals surface area (Å²) in [6.45, 7) is 3.88. The van der Waals surface area contributed by atoms with Gasteiger partial charge in [0, 0.05) is 32.5 Å². The molecular formula is C24H39N3O6S. The van der Waals surface area contributed by atoms with E-state index in [1.165, 1.54) is 4.90 Å². The normalized spacial score (nSPS) is 19.0. The first-order valence-electron chi connectivity index (χ1n) is 11.7. The number of nitrogens with zero attached hydrogens (tertiary/aromatic N) is 2. The SMILES string of the molecule is CCCCN1C(=O)C(CCSC)NC12CCN(C(=O)O)CC2.COc1cccc(OC)c1OC. The molecule has 2 fully saturated rings. The van der Waals surface area contributed by atoms with Gasteiger partial charge in [0.1, 0.15) is 0 Å². The van der Waals surface area contributed by atoms with Gasteiger partial charge in [-0.2, -0.15) is 11.8 Å². The number of rotatable bonds is 9. The van der Waals surface area contributed by atoms with Gasteiger partial charge in [0.2, 0.25) is 11.7 Å². The molecule has 0 aromatic heterocycles. The lowest BCUT2D eigenvalue weighted by Crippen LogP contribution is -2.59. The summed E-state index contributed by atoms with van der Waals surface area (Å²) < 4.78 is 15.3. The number of carbonyl (C=O) groups excluding carboxylic acids is 1. The van der Waals surface area contributed by atoms with Crippen LogP contribution in [0.25, 0.3) is 0 Å². The van der Waals surface area contributed by atoms with Crippen LogP contribution in [-0.2, 0) is 4.79 Å². The van der Waals surface area contributed by atoms with Crippen LogP contribution in [0.3, 0.4) is 0 Å². The molecule has 3 rings (SSSR count). The zero-order valence-corrected chi connectivity index (χ0v) is 21.8. The third kappa shape index (κ3) is 6.63. The lowest BCUT2D eigenvalue weighted by atomic mass is 9.96. The Morgan fingerprint density at radius 1 is 1.18 bits per heavy atom. The molecule has 1 atom stereocenters. The van der Waals surface area contributed by atoms with E-state index >= 15 is 0 Å². The number of unbranched alkanes of at least 4 members (excludes halogenated alkanes) is 1. The fraction of sp³-hybridized carbons (Fsp3) is 0.667. The molecule has 1 aromatic carbocycles. The second-order valence-corrected chi connectivity index (χ2v) is 9.30. The van der Waals surface area contributed by atoms with E-state index in [-0.39, 0.29) is 17.6 Å². The highest BCUT2D eigenvalue weighted by Gasteiger charge is 2.51. The van der Waals surface area contributed by atoms with Gasteiger partial charge in [-0.25, -0.2) is 4.79 Å². The Morgan fingerprint density at radius 3 is 2.26 bits per heavy atom. The summed E-state index contributed by atoms with van der Waals surface area (Å²) in [5, 5.41) is 12.7. The molecule has 0 radical (unpaired) electrons. The predicted octanol–water partition coefficient (Wildman–Crippen LogP) is 3.52. The van der Waals surface area contributed by atoms with Crippen molar-refractivity contribution in [2.45, 2.75) is 50.7 Å². The van der Waals surface area contributed by atoms with E-state index in [1.807, 2.05) is 23.1 Å². The quantitative estimate of drug-likeness (QED) is 0.535.